The van der Waals surface area contributed by atoms with Crippen LogP contribution in [0, 0.1) is 17.8 Å². The lowest BCUT2D eigenvalue weighted by Crippen LogP contribution is -2.23. The zero-order chi connectivity index (χ0) is 20.6. The first-order valence-corrected chi connectivity index (χ1v) is 11.4. The molecule has 0 aromatic carbocycles. The zero-order valence-corrected chi connectivity index (χ0v) is 18.6. The van der Waals surface area contributed by atoms with Gasteiger partial charge in [0, 0.05) is 5.92 Å². The maximum atomic E-state index is 10.5. The van der Waals surface area contributed by atoms with Crippen LogP contribution in [0.4, 0.5) is 0 Å². The van der Waals surface area contributed by atoms with Gasteiger partial charge in [-0.15, -0.1) is 0 Å². The molecular formula is C25H43NO2. The van der Waals surface area contributed by atoms with Crippen LogP contribution in [-0.4, -0.2) is 47.5 Å². The van der Waals surface area contributed by atoms with Crippen LogP contribution in [0.5, 0.6) is 0 Å². The summed E-state index contributed by atoms with van der Waals surface area (Å²) >= 11 is 0. The van der Waals surface area contributed by atoms with Crippen molar-refractivity contribution in [3.63, 3.8) is 0 Å². The van der Waals surface area contributed by atoms with E-state index in [0.717, 1.165) is 45.1 Å². The molecular weight excluding hydrogens is 346 g/mol. The molecule has 0 spiro atoms. The Morgan fingerprint density at radius 3 is 2.71 bits per heavy atom. The Balaban J connectivity index is 1.79. The topological polar surface area (TPSA) is 43.7 Å². The van der Waals surface area contributed by atoms with Crippen molar-refractivity contribution in [1.29, 1.82) is 0 Å². The van der Waals surface area contributed by atoms with Crippen LogP contribution in [0.25, 0.3) is 0 Å². The predicted octanol–water partition coefficient (Wildman–Crippen LogP) is 5.11. The normalized spacial score (nSPS) is 29.8. The summed E-state index contributed by atoms with van der Waals surface area (Å²) in [6, 6.07) is 0. The summed E-state index contributed by atoms with van der Waals surface area (Å²) in [5.74, 6) is 1.27. The third kappa shape index (κ3) is 7.50. The Bertz CT molecular complexity index is 547. The summed E-state index contributed by atoms with van der Waals surface area (Å²) in [4.78, 5) is 2.24. The molecule has 1 saturated carbocycles. The molecule has 0 bridgehead atoms. The van der Waals surface area contributed by atoms with E-state index in [1.807, 2.05) is 6.92 Å². The predicted molar refractivity (Wildman–Crippen MR) is 119 cm³/mol. The number of fused-ring (bicyclic) bond motifs is 1. The van der Waals surface area contributed by atoms with Gasteiger partial charge >= 0.3 is 0 Å². The fraction of sp³-hybridized carbons (Fsp3) is 0.760. The molecule has 0 unspecified atom stereocenters. The molecule has 2 aliphatic carbocycles. The summed E-state index contributed by atoms with van der Waals surface area (Å²) in [5.41, 5.74) is 0.826. The molecule has 0 amide bonds. The minimum atomic E-state index is -0.621. The van der Waals surface area contributed by atoms with E-state index in [4.69, 9.17) is 0 Å². The number of hydrogen-bond donors (Lipinski definition) is 2. The Hall–Kier alpha value is -0.900. The highest BCUT2D eigenvalue weighted by Crippen LogP contribution is 2.47. The van der Waals surface area contributed by atoms with Gasteiger partial charge < -0.3 is 15.1 Å². The molecule has 160 valence electrons. The second-order valence-corrected chi connectivity index (χ2v) is 9.59. The highest BCUT2D eigenvalue weighted by Gasteiger charge is 2.42. The van der Waals surface area contributed by atoms with Gasteiger partial charge in [-0.25, -0.2) is 0 Å². The summed E-state index contributed by atoms with van der Waals surface area (Å²) in [6.07, 6.45) is 20.4. The van der Waals surface area contributed by atoms with E-state index >= 15 is 0 Å². The summed E-state index contributed by atoms with van der Waals surface area (Å²) in [5, 5.41) is 21.0. The average Bonchev–Trinajstić information content (AvgIpc) is 3.13. The quantitative estimate of drug-likeness (QED) is 0.360. The minimum Gasteiger partial charge on any atom is -0.392 e. The Morgan fingerprint density at radius 1 is 1.21 bits per heavy atom. The van der Waals surface area contributed by atoms with E-state index in [1.54, 1.807) is 0 Å². The lowest BCUT2D eigenvalue weighted by molar-refractivity contribution is 0.0513. The van der Waals surface area contributed by atoms with Crippen molar-refractivity contribution in [3.05, 3.63) is 36.0 Å². The van der Waals surface area contributed by atoms with Crippen LogP contribution in [0.15, 0.2) is 36.0 Å². The van der Waals surface area contributed by atoms with Gasteiger partial charge in [0.1, 0.15) is 0 Å². The molecule has 2 aliphatic rings. The Labute approximate surface area is 173 Å². The maximum Gasteiger partial charge on any atom is 0.0654 e. The third-order valence-corrected chi connectivity index (χ3v) is 6.44. The lowest BCUT2D eigenvalue weighted by atomic mass is 9.88. The van der Waals surface area contributed by atoms with Crippen molar-refractivity contribution < 1.29 is 10.2 Å². The first-order chi connectivity index (χ1) is 13.3. The zero-order valence-electron chi connectivity index (χ0n) is 18.6. The molecule has 5 atom stereocenters. The molecule has 0 heterocycles. The first-order valence-electron chi connectivity index (χ1n) is 11.4. The van der Waals surface area contributed by atoms with Gasteiger partial charge in [0.05, 0.1) is 11.7 Å². The van der Waals surface area contributed by atoms with Gasteiger partial charge in [-0.2, -0.15) is 0 Å². The number of unbranched alkanes of at least 4 members (excludes halogenated alkanes) is 3. The fourth-order valence-corrected chi connectivity index (χ4v) is 4.73. The number of hydrogen-bond acceptors (Lipinski definition) is 3. The first kappa shape index (κ1) is 23.4. The second-order valence-electron chi connectivity index (χ2n) is 9.59. The largest absolute Gasteiger partial charge is 0.392 e. The minimum absolute atomic E-state index is 0.231. The maximum absolute atomic E-state index is 10.5. The molecule has 0 radical (unpaired) electrons. The highest BCUT2D eigenvalue weighted by molar-refractivity contribution is 5.28. The molecule has 3 nitrogen and oxygen atoms in total. The molecule has 28 heavy (non-hydrogen) atoms. The van der Waals surface area contributed by atoms with Gasteiger partial charge in [0.15, 0.2) is 0 Å². The fourth-order valence-electron chi connectivity index (χ4n) is 4.73. The van der Waals surface area contributed by atoms with Gasteiger partial charge in [-0.05, 0) is 84.3 Å². The van der Waals surface area contributed by atoms with E-state index < -0.39 is 5.60 Å². The van der Waals surface area contributed by atoms with E-state index in [9.17, 15) is 10.2 Å². The van der Waals surface area contributed by atoms with Crippen molar-refractivity contribution in [3.8, 4) is 0 Å². The molecule has 1 fully saturated rings. The van der Waals surface area contributed by atoms with Gasteiger partial charge in [-0.1, -0.05) is 55.7 Å². The van der Waals surface area contributed by atoms with Crippen LogP contribution in [0.2, 0.25) is 0 Å². The number of aliphatic hydroxyl groups excluding tert-OH is 1. The van der Waals surface area contributed by atoms with Crippen molar-refractivity contribution in [2.45, 2.75) is 83.3 Å². The molecule has 0 saturated heterocycles. The van der Waals surface area contributed by atoms with Gasteiger partial charge in [0.2, 0.25) is 0 Å². The third-order valence-electron chi connectivity index (χ3n) is 6.44. The number of nitrogens with zero attached hydrogens (tertiary/aromatic N) is 1. The Morgan fingerprint density at radius 2 is 2.00 bits per heavy atom. The van der Waals surface area contributed by atoms with E-state index in [1.165, 1.54) is 18.4 Å². The van der Waals surface area contributed by atoms with E-state index in [-0.39, 0.29) is 12.0 Å². The van der Waals surface area contributed by atoms with Crippen LogP contribution < -0.4 is 0 Å². The van der Waals surface area contributed by atoms with Gasteiger partial charge in [-0.3, -0.25) is 0 Å². The number of rotatable bonds is 12. The molecule has 3 heteroatoms. The van der Waals surface area contributed by atoms with Crippen LogP contribution in [-0.2, 0) is 0 Å². The number of allylic oxidation sites excluding steroid dienone is 4. The van der Waals surface area contributed by atoms with Gasteiger partial charge in [0.25, 0.3) is 0 Å². The van der Waals surface area contributed by atoms with Crippen molar-refractivity contribution >= 4 is 0 Å². The summed E-state index contributed by atoms with van der Waals surface area (Å²) in [7, 11) is 4.26. The second kappa shape index (κ2) is 11.3. The highest BCUT2D eigenvalue weighted by atomic mass is 16.3. The molecule has 0 aliphatic heterocycles. The molecule has 2 rings (SSSR count). The lowest BCUT2D eigenvalue weighted by Gasteiger charge is -2.22. The Kier molecular flexibility index (Phi) is 9.46. The van der Waals surface area contributed by atoms with Crippen LogP contribution in [0.3, 0.4) is 0 Å². The monoisotopic (exact) mass is 389 g/mol. The molecule has 0 aromatic heterocycles. The molecule has 2 N–H and O–H groups in total. The van der Waals surface area contributed by atoms with Crippen molar-refractivity contribution in [1.82, 2.24) is 4.90 Å². The molecule has 0 aromatic rings. The average molecular weight is 390 g/mol. The number of aliphatic hydroxyl groups is 2. The smallest absolute Gasteiger partial charge is 0.0654 e. The van der Waals surface area contributed by atoms with Crippen LogP contribution >= 0.6 is 0 Å². The van der Waals surface area contributed by atoms with Crippen molar-refractivity contribution in [2.75, 3.05) is 20.6 Å². The van der Waals surface area contributed by atoms with Crippen molar-refractivity contribution in [2.24, 2.45) is 17.8 Å². The summed E-state index contributed by atoms with van der Waals surface area (Å²) in [6.45, 7) is 5.25. The SMILES string of the molecule is CCCC[C@](C)(O)CC=C[C@@H]1[C@H]2CC(C=CCCCCN(C)C)=C[C@H]2C[C@H]1O. The summed E-state index contributed by atoms with van der Waals surface area (Å²) < 4.78 is 0. The standard InChI is InChI=1S/C25H43NO2/c1-5-6-14-25(2,28)15-11-13-22-23-18-20(17-21(23)19-24(22)27)12-9-7-8-10-16-26(3)4/h9,11-13,17,21-24,27-28H,5-8,10,14-16,18-19H2,1-4H3/t21-,22+,23-,24+,25-/m0/s1. The van der Waals surface area contributed by atoms with E-state index in [2.05, 4.69) is 56.3 Å². The van der Waals surface area contributed by atoms with Crippen LogP contribution in [0.1, 0.15) is 71.6 Å². The van der Waals surface area contributed by atoms with E-state index in [0.29, 0.717) is 18.3 Å².